The number of benzene rings is 1. The lowest BCUT2D eigenvalue weighted by Gasteiger charge is -2.44. The number of primary amides is 1. The molecule has 4 N–H and O–H groups in total. The van der Waals surface area contributed by atoms with Crippen LogP contribution in [0.3, 0.4) is 0 Å². The normalized spacial score (nSPS) is 20.3. The van der Waals surface area contributed by atoms with Crippen molar-refractivity contribution in [2.24, 2.45) is 11.7 Å². The molecule has 34 heavy (non-hydrogen) atoms. The van der Waals surface area contributed by atoms with Crippen molar-refractivity contribution in [2.75, 3.05) is 39.2 Å². The van der Waals surface area contributed by atoms with Gasteiger partial charge in [-0.25, -0.2) is 4.68 Å². The highest BCUT2D eigenvalue weighted by atomic mass is 16.5. The second-order valence-corrected chi connectivity index (χ2v) is 8.71. The Hall–Kier alpha value is -3.53. The van der Waals surface area contributed by atoms with Gasteiger partial charge >= 0.3 is 0 Å². The monoisotopic (exact) mass is 469 g/mol. The van der Waals surface area contributed by atoms with E-state index in [1.54, 1.807) is 31.3 Å². The second kappa shape index (κ2) is 9.02. The zero-order chi connectivity index (χ0) is 24.6. The fraction of sp³-hybridized carbons (Fsp3) is 0.458. The Morgan fingerprint density at radius 1 is 1.26 bits per heavy atom. The Bertz CT molecular complexity index is 1110. The van der Waals surface area contributed by atoms with E-state index < -0.39 is 11.6 Å². The number of aromatic nitrogens is 2. The SMILES string of the molecule is C=CC(=O)N1CCC([C@@]2(O)CCNc3c(C(N)=O)c(-c4cc(OC)c(C)c(OC)c4)nn32)CC1. The number of nitrogens with one attached hydrogen (secondary N) is 1. The molecular weight excluding hydrogens is 438 g/mol. The van der Waals surface area contributed by atoms with Crippen molar-refractivity contribution in [2.45, 2.75) is 31.9 Å². The third kappa shape index (κ3) is 3.77. The molecule has 4 rings (SSSR count). The fourth-order valence-corrected chi connectivity index (χ4v) is 5.06. The highest BCUT2D eigenvalue weighted by molar-refractivity contribution is 6.04. The number of aliphatic hydroxyl groups is 1. The Labute approximate surface area is 198 Å². The maximum Gasteiger partial charge on any atom is 0.254 e. The predicted octanol–water partition coefficient (Wildman–Crippen LogP) is 1.86. The number of rotatable bonds is 6. The number of fused-ring (bicyclic) bond motifs is 1. The molecule has 0 bridgehead atoms. The van der Waals surface area contributed by atoms with Crippen LogP contribution in [0, 0.1) is 12.8 Å². The van der Waals surface area contributed by atoms with Crippen molar-refractivity contribution in [3.05, 3.63) is 35.9 Å². The minimum atomic E-state index is -1.33. The lowest BCUT2D eigenvalue weighted by atomic mass is 9.83. The van der Waals surface area contributed by atoms with Gasteiger partial charge in [0.25, 0.3) is 5.91 Å². The summed E-state index contributed by atoms with van der Waals surface area (Å²) in [7, 11) is 3.12. The summed E-state index contributed by atoms with van der Waals surface area (Å²) in [6, 6.07) is 3.55. The van der Waals surface area contributed by atoms with Crippen LogP contribution in [0.5, 0.6) is 11.5 Å². The molecule has 0 saturated carbocycles. The number of carbonyl (C=O) groups is 2. The molecule has 2 aliphatic rings. The van der Waals surface area contributed by atoms with Crippen molar-refractivity contribution in [3.63, 3.8) is 0 Å². The fourth-order valence-electron chi connectivity index (χ4n) is 5.06. The zero-order valence-corrected chi connectivity index (χ0v) is 19.8. The van der Waals surface area contributed by atoms with Gasteiger partial charge in [-0.05, 0) is 38.0 Å². The Kier molecular flexibility index (Phi) is 6.26. The summed E-state index contributed by atoms with van der Waals surface area (Å²) in [6.45, 7) is 6.91. The van der Waals surface area contributed by atoms with Gasteiger partial charge in [0.1, 0.15) is 28.6 Å². The number of carbonyl (C=O) groups excluding carboxylic acids is 2. The first-order valence-electron chi connectivity index (χ1n) is 11.3. The van der Waals surface area contributed by atoms with Gasteiger partial charge in [-0.2, -0.15) is 5.10 Å². The van der Waals surface area contributed by atoms with Gasteiger partial charge in [-0.1, -0.05) is 6.58 Å². The van der Waals surface area contributed by atoms with Crippen LogP contribution in [0.25, 0.3) is 11.3 Å². The molecule has 0 unspecified atom stereocenters. The van der Waals surface area contributed by atoms with Crippen molar-refractivity contribution < 1.29 is 24.2 Å². The van der Waals surface area contributed by atoms with E-state index in [0.29, 0.717) is 67.5 Å². The number of anilines is 1. The third-order valence-electron chi connectivity index (χ3n) is 6.94. The smallest absolute Gasteiger partial charge is 0.254 e. The maximum absolute atomic E-state index is 12.6. The van der Waals surface area contributed by atoms with Crippen LogP contribution >= 0.6 is 0 Å². The number of hydrogen-bond donors (Lipinski definition) is 3. The lowest BCUT2D eigenvalue weighted by molar-refractivity contribution is -0.139. The number of likely N-dealkylation sites (tertiary alicyclic amines) is 1. The van der Waals surface area contributed by atoms with E-state index in [0.717, 1.165) is 5.56 Å². The summed E-state index contributed by atoms with van der Waals surface area (Å²) < 4.78 is 12.5. The molecule has 3 heterocycles. The minimum absolute atomic E-state index is 0.115. The molecule has 1 saturated heterocycles. The van der Waals surface area contributed by atoms with Crippen LogP contribution in [0.4, 0.5) is 5.82 Å². The predicted molar refractivity (Wildman–Crippen MR) is 127 cm³/mol. The van der Waals surface area contributed by atoms with Gasteiger partial charge in [0.2, 0.25) is 5.91 Å². The van der Waals surface area contributed by atoms with E-state index in [1.807, 2.05) is 6.92 Å². The summed E-state index contributed by atoms with van der Waals surface area (Å²) in [5, 5.41) is 19.8. The van der Waals surface area contributed by atoms with Crippen LogP contribution in [0.15, 0.2) is 24.8 Å². The van der Waals surface area contributed by atoms with Crippen molar-refractivity contribution >= 4 is 17.6 Å². The summed E-state index contributed by atoms with van der Waals surface area (Å²) >= 11 is 0. The number of hydrogen-bond acceptors (Lipinski definition) is 7. The summed E-state index contributed by atoms with van der Waals surface area (Å²) in [4.78, 5) is 26.3. The van der Waals surface area contributed by atoms with E-state index in [2.05, 4.69) is 11.9 Å². The zero-order valence-electron chi connectivity index (χ0n) is 19.8. The highest BCUT2D eigenvalue weighted by Gasteiger charge is 2.46. The number of methoxy groups -OCH3 is 2. The summed E-state index contributed by atoms with van der Waals surface area (Å²) in [5.41, 5.74) is 6.41. The molecule has 10 heteroatoms. The molecule has 1 atom stereocenters. The van der Waals surface area contributed by atoms with Crippen LogP contribution in [-0.2, 0) is 10.5 Å². The average Bonchev–Trinajstić information content (AvgIpc) is 3.25. The van der Waals surface area contributed by atoms with Gasteiger partial charge in [-0.3, -0.25) is 9.59 Å². The first-order chi connectivity index (χ1) is 16.2. The molecule has 1 aromatic carbocycles. The van der Waals surface area contributed by atoms with Crippen LogP contribution in [-0.4, -0.2) is 65.5 Å². The second-order valence-electron chi connectivity index (χ2n) is 8.71. The Morgan fingerprint density at radius 3 is 2.41 bits per heavy atom. The standard InChI is InChI=1S/C24H31N5O5/c1-5-19(30)28-10-6-16(7-11-28)24(32)8-9-26-23-20(22(25)31)21(27-29(23)24)15-12-17(33-3)14(2)18(13-15)34-4/h5,12-13,16,26,32H,1,6-11H2,2-4H3,(H2,25,31)/t24-/m0/s1. The average molecular weight is 470 g/mol. The molecule has 2 amide bonds. The van der Waals surface area contributed by atoms with Crippen molar-refractivity contribution in [1.82, 2.24) is 14.7 Å². The third-order valence-corrected chi connectivity index (χ3v) is 6.94. The topological polar surface area (TPSA) is 132 Å². The van der Waals surface area contributed by atoms with E-state index in [4.69, 9.17) is 20.3 Å². The molecule has 1 fully saturated rings. The first-order valence-corrected chi connectivity index (χ1v) is 11.3. The Morgan fingerprint density at radius 2 is 1.88 bits per heavy atom. The lowest BCUT2D eigenvalue weighted by Crippen LogP contribution is -2.51. The minimum Gasteiger partial charge on any atom is -0.496 e. The van der Waals surface area contributed by atoms with Gasteiger partial charge in [0, 0.05) is 43.1 Å². The van der Waals surface area contributed by atoms with Gasteiger partial charge < -0.3 is 30.5 Å². The van der Waals surface area contributed by atoms with Gasteiger partial charge in [0.05, 0.1) is 14.2 Å². The first kappa shape index (κ1) is 23.6. The molecule has 1 aromatic heterocycles. The van der Waals surface area contributed by atoms with Crippen LogP contribution in [0.1, 0.15) is 35.2 Å². The number of nitrogens with zero attached hydrogens (tertiary/aromatic N) is 3. The molecule has 10 nitrogen and oxygen atoms in total. The van der Waals surface area contributed by atoms with Gasteiger partial charge in [-0.15, -0.1) is 0 Å². The van der Waals surface area contributed by atoms with E-state index in [1.165, 1.54) is 10.8 Å². The molecule has 0 spiro atoms. The molecular formula is C24H31N5O5. The number of piperidine rings is 1. The molecule has 2 aromatic rings. The molecule has 0 aliphatic carbocycles. The maximum atomic E-state index is 12.6. The molecule has 2 aliphatic heterocycles. The van der Waals surface area contributed by atoms with Crippen LogP contribution < -0.4 is 20.5 Å². The van der Waals surface area contributed by atoms with Crippen LogP contribution in [0.2, 0.25) is 0 Å². The number of ether oxygens (including phenoxy) is 2. The van der Waals surface area contributed by atoms with E-state index >= 15 is 0 Å². The number of nitrogens with two attached hydrogens (primary N) is 1. The summed E-state index contributed by atoms with van der Waals surface area (Å²) in [6.07, 6.45) is 2.91. The highest BCUT2D eigenvalue weighted by Crippen LogP contribution is 2.44. The molecule has 0 radical (unpaired) electrons. The van der Waals surface area contributed by atoms with E-state index in [-0.39, 0.29) is 17.4 Å². The van der Waals surface area contributed by atoms with Crippen molar-refractivity contribution in [1.29, 1.82) is 0 Å². The largest absolute Gasteiger partial charge is 0.496 e. The Balaban J connectivity index is 1.79. The number of amides is 2. The van der Waals surface area contributed by atoms with E-state index in [9.17, 15) is 14.7 Å². The summed E-state index contributed by atoms with van der Waals surface area (Å²) in [5.74, 6) is 0.627. The van der Waals surface area contributed by atoms with Gasteiger partial charge in [0.15, 0.2) is 5.72 Å². The quantitative estimate of drug-likeness (QED) is 0.550. The van der Waals surface area contributed by atoms with Crippen molar-refractivity contribution in [3.8, 4) is 22.8 Å². The molecule has 182 valence electrons.